The van der Waals surface area contributed by atoms with E-state index in [-0.39, 0.29) is 43.2 Å². The molecule has 0 aliphatic carbocycles. The highest BCUT2D eigenvalue weighted by molar-refractivity contribution is 6.06. The summed E-state index contributed by atoms with van der Waals surface area (Å²) in [5.74, 6) is -0.688. The molecule has 0 aromatic carbocycles. The van der Waals surface area contributed by atoms with Crippen LogP contribution in [0.5, 0.6) is 0 Å². The van der Waals surface area contributed by atoms with E-state index in [4.69, 9.17) is 0 Å². The topological polar surface area (TPSA) is 121 Å². The molecule has 2 amide bonds. The molecule has 0 atom stereocenters. The average molecular weight is 417 g/mol. The van der Waals surface area contributed by atoms with Crippen LogP contribution >= 0.6 is 0 Å². The number of aliphatic hydroxyl groups excluding tert-OH is 1. The average Bonchev–Trinajstić information content (AvgIpc) is 2.76. The maximum atomic E-state index is 13.0. The first-order valence-electron chi connectivity index (χ1n) is 9.85. The molecule has 1 fully saturated rings. The summed E-state index contributed by atoms with van der Waals surface area (Å²) >= 11 is 0. The smallest absolute Gasteiger partial charge is 0.293 e. The largest absolute Gasteiger partial charge is 0.504 e. The fraction of sp³-hybridized carbons (Fsp3) is 0.526. The van der Waals surface area contributed by atoms with Gasteiger partial charge in [0.05, 0.1) is 12.3 Å². The predicted octanol–water partition coefficient (Wildman–Crippen LogP) is -0.540. The number of aliphatic imine (C=N–C) groups is 1. The number of hydrazone groups is 1. The van der Waals surface area contributed by atoms with Crippen molar-refractivity contribution < 1.29 is 19.5 Å². The van der Waals surface area contributed by atoms with Gasteiger partial charge in [-0.2, -0.15) is 5.10 Å². The number of aliphatic hydroxyl groups is 1. The molecule has 30 heavy (non-hydrogen) atoms. The second-order valence-corrected chi connectivity index (χ2v) is 7.11. The van der Waals surface area contributed by atoms with Gasteiger partial charge in [-0.25, -0.2) is 5.01 Å². The summed E-state index contributed by atoms with van der Waals surface area (Å²) in [6.45, 7) is 9.29. The summed E-state index contributed by atoms with van der Waals surface area (Å²) in [7, 11) is 0. The van der Waals surface area contributed by atoms with E-state index in [0.717, 1.165) is 12.0 Å². The standard InChI is InChI=1S/C19H27N7O4/c1-4-14-16(19(30)26(20-3)12-25(14)9-10-27)23-5-7-24(8-6-23)18(29)15-17(28)13(2)21-11-22-15/h10,22,28H,3-9,11-12H2,1-2H3. The highest BCUT2D eigenvalue weighted by Crippen LogP contribution is 2.26. The summed E-state index contributed by atoms with van der Waals surface area (Å²) in [6.07, 6.45) is 1.38. The van der Waals surface area contributed by atoms with Crippen molar-refractivity contribution in [3.05, 3.63) is 22.9 Å². The molecule has 0 spiro atoms. The van der Waals surface area contributed by atoms with Crippen LogP contribution in [0.1, 0.15) is 20.3 Å². The molecular formula is C19H27N7O4. The number of amides is 2. The Kier molecular flexibility index (Phi) is 6.38. The van der Waals surface area contributed by atoms with Crippen molar-refractivity contribution in [1.82, 2.24) is 25.0 Å². The number of piperazine rings is 1. The molecule has 0 saturated carbocycles. The zero-order valence-electron chi connectivity index (χ0n) is 17.3. The maximum absolute atomic E-state index is 13.0. The van der Waals surface area contributed by atoms with Gasteiger partial charge in [0.25, 0.3) is 11.8 Å². The SMILES string of the molecule is C=NN1CN(CC=O)C(CC)=C(N2CCN(C(=O)C3=C(O)C(C)=NCN3)CC2)C1=O. The van der Waals surface area contributed by atoms with Gasteiger partial charge in [-0.1, -0.05) is 6.92 Å². The lowest BCUT2D eigenvalue weighted by Gasteiger charge is -2.43. The lowest BCUT2D eigenvalue weighted by atomic mass is 10.1. The van der Waals surface area contributed by atoms with Crippen LogP contribution < -0.4 is 5.32 Å². The molecule has 0 radical (unpaired) electrons. The minimum atomic E-state index is -0.293. The van der Waals surface area contributed by atoms with Crippen LogP contribution in [0.25, 0.3) is 0 Å². The van der Waals surface area contributed by atoms with Gasteiger partial charge in [0, 0.05) is 38.6 Å². The lowest BCUT2D eigenvalue weighted by molar-refractivity contribution is -0.134. The van der Waals surface area contributed by atoms with Crippen LogP contribution in [0.2, 0.25) is 0 Å². The number of carbonyl (C=O) groups is 3. The molecule has 3 aliphatic heterocycles. The summed E-state index contributed by atoms with van der Waals surface area (Å²) in [5, 5.41) is 18.0. The second kappa shape index (κ2) is 8.97. The van der Waals surface area contributed by atoms with Crippen molar-refractivity contribution in [2.45, 2.75) is 20.3 Å². The molecule has 0 unspecified atom stereocenters. The molecule has 0 aromatic rings. The van der Waals surface area contributed by atoms with Crippen LogP contribution in [0, 0.1) is 0 Å². The third kappa shape index (κ3) is 3.87. The number of rotatable bonds is 6. The van der Waals surface area contributed by atoms with Crippen molar-refractivity contribution in [3.63, 3.8) is 0 Å². The summed E-state index contributed by atoms with van der Waals surface area (Å²) in [4.78, 5) is 46.3. The van der Waals surface area contributed by atoms with E-state index in [1.807, 2.05) is 16.7 Å². The lowest BCUT2D eigenvalue weighted by Crippen LogP contribution is -2.55. The molecule has 3 rings (SSSR count). The Morgan fingerprint density at radius 3 is 2.63 bits per heavy atom. The number of hydrogen-bond donors (Lipinski definition) is 2. The number of hydrogen-bond acceptors (Lipinski definition) is 9. The number of nitrogens with zero attached hydrogens (tertiary/aromatic N) is 6. The molecule has 11 nitrogen and oxygen atoms in total. The summed E-state index contributed by atoms with van der Waals surface area (Å²) in [5.41, 5.74) is 1.85. The van der Waals surface area contributed by atoms with Crippen LogP contribution in [0.4, 0.5) is 0 Å². The van der Waals surface area contributed by atoms with Gasteiger partial charge >= 0.3 is 0 Å². The summed E-state index contributed by atoms with van der Waals surface area (Å²) < 4.78 is 0. The van der Waals surface area contributed by atoms with E-state index in [2.05, 4.69) is 22.1 Å². The van der Waals surface area contributed by atoms with Gasteiger partial charge in [-0.15, -0.1) is 0 Å². The Labute approximate surface area is 175 Å². The number of nitrogens with one attached hydrogen (secondary N) is 1. The van der Waals surface area contributed by atoms with Gasteiger partial charge < -0.3 is 29.9 Å². The van der Waals surface area contributed by atoms with Gasteiger partial charge in [-0.05, 0) is 13.3 Å². The Hall–Kier alpha value is -3.37. The molecule has 3 heterocycles. The Bertz CT molecular complexity index is 840. The molecule has 3 aliphatic rings. The van der Waals surface area contributed by atoms with Crippen LogP contribution in [0.3, 0.4) is 0 Å². The van der Waals surface area contributed by atoms with E-state index in [9.17, 15) is 19.5 Å². The van der Waals surface area contributed by atoms with Gasteiger partial charge in [0.15, 0.2) is 5.76 Å². The van der Waals surface area contributed by atoms with Gasteiger partial charge in [0.2, 0.25) is 0 Å². The van der Waals surface area contributed by atoms with E-state index >= 15 is 0 Å². The molecule has 2 N–H and O–H groups in total. The van der Waals surface area contributed by atoms with E-state index in [1.165, 1.54) is 5.01 Å². The predicted molar refractivity (Wildman–Crippen MR) is 110 cm³/mol. The second-order valence-electron chi connectivity index (χ2n) is 7.11. The van der Waals surface area contributed by atoms with Crippen LogP contribution in [0.15, 0.2) is 32.9 Å². The third-order valence-corrected chi connectivity index (χ3v) is 5.45. The number of carbonyl (C=O) groups excluding carboxylic acids is 3. The highest BCUT2D eigenvalue weighted by atomic mass is 16.3. The monoisotopic (exact) mass is 417 g/mol. The van der Waals surface area contributed by atoms with Crippen molar-refractivity contribution in [3.8, 4) is 0 Å². The summed E-state index contributed by atoms with van der Waals surface area (Å²) in [6, 6.07) is 0. The highest BCUT2D eigenvalue weighted by Gasteiger charge is 2.36. The van der Waals surface area contributed by atoms with Gasteiger partial charge in [0.1, 0.15) is 31.0 Å². The number of allylic oxidation sites excluding steroid dienone is 2. The molecule has 0 bridgehead atoms. The van der Waals surface area contributed by atoms with Crippen molar-refractivity contribution in [1.29, 1.82) is 0 Å². The Balaban J connectivity index is 1.78. The first-order chi connectivity index (χ1) is 14.4. The fourth-order valence-electron chi connectivity index (χ4n) is 3.83. The number of aldehydes is 1. The van der Waals surface area contributed by atoms with Crippen LogP contribution in [-0.2, 0) is 14.4 Å². The maximum Gasteiger partial charge on any atom is 0.293 e. The van der Waals surface area contributed by atoms with Crippen molar-refractivity contribution >= 4 is 30.5 Å². The minimum Gasteiger partial charge on any atom is -0.504 e. The Morgan fingerprint density at radius 2 is 2.03 bits per heavy atom. The minimum absolute atomic E-state index is 0.135. The zero-order chi connectivity index (χ0) is 21.8. The fourth-order valence-corrected chi connectivity index (χ4v) is 3.83. The van der Waals surface area contributed by atoms with Crippen LogP contribution in [-0.4, -0.2) is 101 Å². The molecule has 1 saturated heterocycles. The first-order valence-corrected chi connectivity index (χ1v) is 9.85. The third-order valence-electron chi connectivity index (χ3n) is 5.45. The molecule has 0 aromatic heterocycles. The first kappa shape index (κ1) is 21.3. The van der Waals surface area contributed by atoms with Gasteiger partial charge in [-0.3, -0.25) is 14.6 Å². The molecule has 11 heteroatoms. The molecule has 162 valence electrons. The van der Waals surface area contributed by atoms with Crippen molar-refractivity contribution in [2.24, 2.45) is 10.1 Å². The van der Waals surface area contributed by atoms with E-state index in [1.54, 1.807) is 11.8 Å². The normalized spacial score (nSPS) is 20.3. The zero-order valence-corrected chi connectivity index (χ0v) is 17.3. The van der Waals surface area contributed by atoms with E-state index < -0.39 is 0 Å². The molecular weight excluding hydrogens is 390 g/mol. The quantitative estimate of drug-likeness (QED) is 0.440. The van der Waals surface area contributed by atoms with Crippen molar-refractivity contribution in [2.75, 3.05) is 46.1 Å². The Morgan fingerprint density at radius 1 is 1.33 bits per heavy atom. The van der Waals surface area contributed by atoms with E-state index in [0.29, 0.717) is 44.0 Å².